The summed E-state index contributed by atoms with van der Waals surface area (Å²) >= 11 is 3.36. The summed E-state index contributed by atoms with van der Waals surface area (Å²) < 4.78 is 10.8. The van der Waals surface area contributed by atoms with Crippen molar-refractivity contribution in [3.63, 3.8) is 0 Å². The molecule has 0 heterocycles. The minimum Gasteiger partial charge on any atom is -0.353 e. The molecule has 3 heteroatoms. The van der Waals surface area contributed by atoms with Crippen LogP contribution in [-0.2, 0) is 9.47 Å². The Hall–Kier alpha value is -0.640. The number of hydrogen-bond donors (Lipinski definition) is 0. The van der Waals surface area contributed by atoms with Crippen molar-refractivity contribution in [3.05, 3.63) is 42.0 Å². The fourth-order valence-electron chi connectivity index (χ4n) is 1.12. The number of alkyl halides is 1. The number of benzene rings is 1. The Morgan fingerprint density at radius 3 is 2.56 bits per heavy atom. The van der Waals surface area contributed by atoms with Crippen LogP contribution < -0.4 is 0 Å². The standard InChI is InChI=1S/C13H17BrO2/c1-13(11-14,15-2)16-10-6-9-12-7-4-3-5-8-12/h3-9H,10-11H2,1-2H3/b9-6+. The van der Waals surface area contributed by atoms with E-state index in [1.54, 1.807) is 7.11 Å². The maximum absolute atomic E-state index is 5.59. The number of rotatable bonds is 6. The van der Waals surface area contributed by atoms with Gasteiger partial charge in [0, 0.05) is 7.11 Å². The van der Waals surface area contributed by atoms with E-state index in [-0.39, 0.29) is 0 Å². The molecule has 0 aliphatic heterocycles. The van der Waals surface area contributed by atoms with Crippen LogP contribution in [0.2, 0.25) is 0 Å². The molecule has 0 saturated carbocycles. The summed E-state index contributed by atoms with van der Waals surface area (Å²) in [6, 6.07) is 10.1. The zero-order chi connectivity index (χ0) is 11.9. The Bertz CT molecular complexity index is 318. The fraction of sp³-hybridized carbons (Fsp3) is 0.385. The van der Waals surface area contributed by atoms with Crippen LogP contribution in [0.15, 0.2) is 36.4 Å². The minimum absolute atomic E-state index is 0.533. The smallest absolute Gasteiger partial charge is 0.175 e. The molecule has 0 aromatic heterocycles. The van der Waals surface area contributed by atoms with E-state index >= 15 is 0 Å². The van der Waals surface area contributed by atoms with E-state index < -0.39 is 5.79 Å². The molecular weight excluding hydrogens is 268 g/mol. The largest absolute Gasteiger partial charge is 0.353 e. The highest BCUT2D eigenvalue weighted by molar-refractivity contribution is 9.09. The predicted molar refractivity (Wildman–Crippen MR) is 70.6 cm³/mol. The average Bonchev–Trinajstić information content (AvgIpc) is 2.36. The number of methoxy groups -OCH3 is 1. The molecule has 16 heavy (non-hydrogen) atoms. The highest BCUT2D eigenvalue weighted by atomic mass is 79.9. The van der Waals surface area contributed by atoms with Gasteiger partial charge in [0.2, 0.25) is 0 Å². The Morgan fingerprint density at radius 1 is 1.31 bits per heavy atom. The first-order valence-corrected chi connectivity index (χ1v) is 6.29. The van der Waals surface area contributed by atoms with Crippen LogP contribution >= 0.6 is 15.9 Å². The average molecular weight is 285 g/mol. The zero-order valence-corrected chi connectivity index (χ0v) is 11.2. The lowest BCUT2D eigenvalue weighted by Crippen LogP contribution is -2.32. The summed E-state index contributed by atoms with van der Waals surface area (Å²) in [5.41, 5.74) is 1.17. The molecule has 1 rings (SSSR count). The van der Waals surface area contributed by atoms with Crippen LogP contribution in [0.1, 0.15) is 12.5 Å². The summed E-state index contributed by atoms with van der Waals surface area (Å²) in [6.07, 6.45) is 4.01. The number of ether oxygens (including phenoxy) is 2. The summed E-state index contributed by atoms with van der Waals surface area (Å²) in [5.74, 6) is -0.555. The molecule has 0 fully saturated rings. The Balaban J connectivity index is 2.38. The lowest BCUT2D eigenvalue weighted by Gasteiger charge is -2.25. The minimum atomic E-state index is -0.555. The van der Waals surface area contributed by atoms with E-state index in [1.165, 1.54) is 5.56 Å². The van der Waals surface area contributed by atoms with Crippen LogP contribution in [0, 0.1) is 0 Å². The molecule has 0 spiro atoms. The van der Waals surface area contributed by atoms with Crippen molar-refractivity contribution in [2.75, 3.05) is 19.0 Å². The molecule has 1 aromatic carbocycles. The predicted octanol–water partition coefficient (Wildman–Crippen LogP) is 3.47. The molecule has 0 aliphatic carbocycles. The van der Waals surface area contributed by atoms with E-state index in [4.69, 9.17) is 9.47 Å². The third-order valence-corrected chi connectivity index (χ3v) is 3.29. The highest BCUT2D eigenvalue weighted by Crippen LogP contribution is 2.14. The summed E-state index contributed by atoms with van der Waals surface area (Å²) in [7, 11) is 1.64. The van der Waals surface area contributed by atoms with Crippen molar-refractivity contribution in [1.29, 1.82) is 0 Å². The van der Waals surface area contributed by atoms with Gasteiger partial charge >= 0.3 is 0 Å². The Morgan fingerprint density at radius 2 is 2.00 bits per heavy atom. The molecule has 2 nitrogen and oxygen atoms in total. The van der Waals surface area contributed by atoms with E-state index in [0.717, 1.165) is 0 Å². The van der Waals surface area contributed by atoms with E-state index in [1.807, 2.05) is 37.3 Å². The first-order valence-electron chi connectivity index (χ1n) is 5.17. The molecule has 0 saturated heterocycles. The van der Waals surface area contributed by atoms with Crippen LogP contribution in [-0.4, -0.2) is 24.8 Å². The third kappa shape index (κ3) is 4.47. The van der Waals surface area contributed by atoms with Crippen molar-refractivity contribution >= 4 is 22.0 Å². The van der Waals surface area contributed by atoms with Gasteiger partial charge in [0.05, 0.1) is 11.9 Å². The Labute approximate surface area is 105 Å². The molecule has 1 aromatic rings. The van der Waals surface area contributed by atoms with Crippen LogP contribution in [0.25, 0.3) is 6.08 Å². The monoisotopic (exact) mass is 284 g/mol. The molecule has 88 valence electrons. The molecule has 1 unspecified atom stereocenters. The van der Waals surface area contributed by atoms with Gasteiger partial charge in [0.1, 0.15) is 0 Å². The molecule has 1 atom stereocenters. The van der Waals surface area contributed by atoms with E-state index in [2.05, 4.69) is 28.1 Å². The lowest BCUT2D eigenvalue weighted by molar-refractivity contribution is -0.185. The van der Waals surface area contributed by atoms with E-state index in [0.29, 0.717) is 11.9 Å². The van der Waals surface area contributed by atoms with Gasteiger partial charge in [-0.05, 0) is 12.5 Å². The third-order valence-electron chi connectivity index (χ3n) is 2.27. The normalized spacial score (nSPS) is 15.2. The molecule has 0 N–H and O–H groups in total. The molecular formula is C13H17BrO2. The Kier molecular flexibility index (Phi) is 5.74. The number of halogens is 1. The van der Waals surface area contributed by atoms with Crippen molar-refractivity contribution in [1.82, 2.24) is 0 Å². The zero-order valence-electron chi connectivity index (χ0n) is 9.65. The molecule has 0 aliphatic rings. The molecule has 0 bridgehead atoms. The highest BCUT2D eigenvalue weighted by Gasteiger charge is 2.21. The van der Waals surface area contributed by atoms with Crippen LogP contribution in [0.5, 0.6) is 0 Å². The second-order valence-corrected chi connectivity index (χ2v) is 4.16. The van der Waals surface area contributed by atoms with Gasteiger partial charge in [0.25, 0.3) is 0 Å². The van der Waals surface area contributed by atoms with Gasteiger partial charge < -0.3 is 9.47 Å². The summed E-state index contributed by atoms with van der Waals surface area (Å²) in [5, 5.41) is 0.648. The molecule has 0 radical (unpaired) electrons. The first kappa shape index (κ1) is 13.4. The van der Waals surface area contributed by atoms with Gasteiger partial charge in [-0.2, -0.15) is 0 Å². The van der Waals surface area contributed by atoms with Gasteiger partial charge in [-0.1, -0.05) is 58.4 Å². The van der Waals surface area contributed by atoms with Crippen molar-refractivity contribution in [2.24, 2.45) is 0 Å². The van der Waals surface area contributed by atoms with Crippen molar-refractivity contribution < 1.29 is 9.47 Å². The van der Waals surface area contributed by atoms with Crippen molar-refractivity contribution in [3.8, 4) is 0 Å². The fourth-order valence-corrected chi connectivity index (χ4v) is 1.52. The summed E-state index contributed by atoms with van der Waals surface area (Å²) in [4.78, 5) is 0. The van der Waals surface area contributed by atoms with Gasteiger partial charge in [-0.3, -0.25) is 0 Å². The second kappa shape index (κ2) is 6.84. The topological polar surface area (TPSA) is 18.5 Å². The van der Waals surface area contributed by atoms with Gasteiger partial charge in [-0.15, -0.1) is 0 Å². The first-order chi connectivity index (χ1) is 7.70. The van der Waals surface area contributed by atoms with Crippen LogP contribution in [0.3, 0.4) is 0 Å². The quantitative estimate of drug-likeness (QED) is 0.588. The summed E-state index contributed by atoms with van der Waals surface area (Å²) in [6.45, 7) is 2.43. The second-order valence-electron chi connectivity index (χ2n) is 3.60. The van der Waals surface area contributed by atoms with Gasteiger partial charge in [-0.25, -0.2) is 0 Å². The maximum Gasteiger partial charge on any atom is 0.175 e. The molecule has 0 amide bonds. The van der Waals surface area contributed by atoms with Gasteiger partial charge in [0.15, 0.2) is 5.79 Å². The lowest BCUT2D eigenvalue weighted by atomic mass is 10.2. The maximum atomic E-state index is 5.59. The van der Waals surface area contributed by atoms with Crippen molar-refractivity contribution in [2.45, 2.75) is 12.7 Å². The van der Waals surface area contributed by atoms with E-state index in [9.17, 15) is 0 Å². The van der Waals surface area contributed by atoms with Crippen LogP contribution in [0.4, 0.5) is 0 Å². The SMILES string of the molecule is COC(C)(CBr)OC/C=C/c1ccccc1. The number of hydrogen-bond acceptors (Lipinski definition) is 2.